The van der Waals surface area contributed by atoms with Crippen LogP contribution in [0.5, 0.6) is 5.75 Å². The molecule has 0 saturated carbocycles. The van der Waals surface area contributed by atoms with E-state index in [0.717, 1.165) is 23.7 Å². The Morgan fingerprint density at radius 3 is 2.60 bits per heavy atom. The standard InChI is InChI=1S/C16H23N3O/c1-6-17-15(16-18-7-8-19(16)4)13-9-12(3)14(20-5)10-11(13)2/h7-10,15,17H,6H2,1-5H3. The first kappa shape index (κ1) is 14.6. The molecular formula is C16H23N3O. The summed E-state index contributed by atoms with van der Waals surface area (Å²) in [5.41, 5.74) is 3.60. The number of nitrogens with one attached hydrogen (secondary N) is 1. The molecule has 0 aliphatic heterocycles. The Balaban J connectivity index is 2.50. The van der Waals surface area contributed by atoms with E-state index < -0.39 is 0 Å². The van der Waals surface area contributed by atoms with Gasteiger partial charge in [0.15, 0.2) is 0 Å². The summed E-state index contributed by atoms with van der Waals surface area (Å²) in [7, 11) is 3.74. The van der Waals surface area contributed by atoms with Crippen LogP contribution in [0.1, 0.15) is 35.5 Å². The molecule has 0 radical (unpaired) electrons. The molecule has 1 atom stereocenters. The van der Waals surface area contributed by atoms with Crippen molar-refractivity contribution in [1.82, 2.24) is 14.9 Å². The van der Waals surface area contributed by atoms with Gasteiger partial charge in [-0.05, 0) is 43.1 Å². The highest BCUT2D eigenvalue weighted by Gasteiger charge is 2.20. The molecule has 1 aromatic carbocycles. The van der Waals surface area contributed by atoms with Crippen LogP contribution in [-0.4, -0.2) is 23.2 Å². The van der Waals surface area contributed by atoms with Crippen molar-refractivity contribution in [3.05, 3.63) is 47.0 Å². The Hall–Kier alpha value is -1.81. The molecule has 1 N–H and O–H groups in total. The van der Waals surface area contributed by atoms with Crippen molar-refractivity contribution in [2.45, 2.75) is 26.8 Å². The predicted octanol–water partition coefficient (Wildman–Crippen LogP) is 2.74. The highest BCUT2D eigenvalue weighted by Crippen LogP contribution is 2.29. The van der Waals surface area contributed by atoms with Gasteiger partial charge in [-0.3, -0.25) is 0 Å². The molecule has 0 aliphatic carbocycles. The molecule has 0 amide bonds. The smallest absolute Gasteiger partial charge is 0.130 e. The van der Waals surface area contributed by atoms with E-state index in [2.05, 4.69) is 47.8 Å². The number of nitrogens with zero attached hydrogens (tertiary/aromatic N) is 2. The number of hydrogen-bond donors (Lipinski definition) is 1. The van der Waals surface area contributed by atoms with E-state index in [4.69, 9.17) is 4.74 Å². The molecule has 1 unspecified atom stereocenters. The number of ether oxygens (including phenoxy) is 1. The lowest BCUT2D eigenvalue weighted by Gasteiger charge is -2.21. The van der Waals surface area contributed by atoms with Gasteiger partial charge in [0.05, 0.1) is 13.2 Å². The fourth-order valence-electron chi connectivity index (χ4n) is 2.54. The second-order valence-corrected chi connectivity index (χ2v) is 5.07. The Morgan fingerprint density at radius 1 is 1.30 bits per heavy atom. The normalized spacial score (nSPS) is 12.4. The van der Waals surface area contributed by atoms with Gasteiger partial charge in [0, 0.05) is 19.4 Å². The highest BCUT2D eigenvalue weighted by atomic mass is 16.5. The maximum Gasteiger partial charge on any atom is 0.130 e. The molecular weight excluding hydrogens is 250 g/mol. The first-order chi connectivity index (χ1) is 9.58. The van der Waals surface area contributed by atoms with Gasteiger partial charge in [-0.2, -0.15) is 0 Å². The Bertz CT molecular complexity index is 589. The van der Waals surface area contributed by atoms with Crippen molar-refractivity contribution in [2.24, 2.45) is 7.05 Å². The van der Waals surface area contributed by atoms with Gasteiger partial charge in [0.25, 0.3) is 0 Å². The van der Waals surface area contributed by atoms with E-state index in [9.17, 15) is 0 Å². The molecule has 2 aromatic rings. The number of hydrogen-bond acceptors (Lipinski definition) is 3. The Kier molecular flexibility index (Phi) is 4.45. The van der Waals surface area contributed by atoms with E-state index in [0.29, 0.717) is 0 Å². The minimum Gasteiger partial charge on any atom is -0.496 e. The summed E-state index contributed by atoms with van der Waals surface area (Å²) in [5, 5.41) is 3.52. The van der Waals surface area contributed by atoms with Crippen LogP contribution in [0.4, 0.5) is 0 Å². The number of aryl methyl sites for hydroxylation is 3. The summed E-state index contributed by atoms with van der Waals surface area (Å²) in [5.74, 6) is 1.96. The van der Waals surface area contributed by atoms with Gasteiger partial charge in [-0.1, -0.05) is 13.0 Å². The molecule has 2 rings (SSSR count). The van der Waals surface area contributed by atoms with Crippen molar-refractivity contribution in [2.75, 3.05) is 13.7 Å². The first-order valence-electron chi connectivity index (χ1n) is 6.94. The molecule has 0 spiro atoms. The van der Waals surface area contributed by atoms with Crippen LogP contribution in [0.25, 0.3) is 0 Å². The molecule has 0 aliphatic rings. The quantitative estimate of drug-likeness (QED) is 0.910. The molecule has 1 heterocycles. The number of aromatic nitrogens is 2. The maximum atomic E-state index is 5.39. The van der Waals surface area contributed by atoms with Crippen molar-refractivity contribution < 1.29 is 4.74 Å². The molecule has 0 fully saturated rings. The fraction of sp³-hybridized carbons (Fsp3) is 0.438. The second-order valence-electron chi connectivity index (χ2n) is 5.07. The molecule has 1 aromatic heterocycles. The number of imidazole rings is 1. The molecule has 0 saturated heterocycles. The van der Waals surface area contributed by atoms with Crippen LogP contribution in [-0.2, 0) is 7.05 Å². The second kappa shape index (κ2) is 6.09. The zero-order chi connectivity index (χ0) is 14.7. The molecule has 20 heavy (non-hydrogen) atoms. The maximum absolute atomic E-state index is 5.39. The summed E-state index contributed by atoms with van der Waals surface area (Å²) >= 11 is 0. The third kappa shape index (κ3) is 2.70. The zero-order valence-electron chi connectivity index (χ0n) is 12.9. The van der Waals surface area contributed by atoms with Crippen LogP contribution in [0.15, 0.2) is 24.5 Å². The zero-order valence-corrected chi connectivity index (χ0v) is 12.9. The van der Waals surface area contributed by atoms with E-state index >= 15 is 0 Å². The monoisotopic (exact) mass is 273 g/mol. The predicted molar refractivity (Wildman–Crippen MR) is 81.2 cm³/mol. The third-order valence-electron chi connectivity index (χ3n) is 3.62. The van der Waals surface area contributed by atoms with Crippen LogP contribution in [0.3, 0.4) is 0 Å². The largest absolute Gasteiger partial charge is 0.496 e. The average Bonchev–Trinajstić information content (AvgIpc) is 2.84. The number of methoxy groups -OCH3 is 1. The lowest BCUT2D eigenvalue weighted by molar-refractivity contribution is 0.411. The van der Waals surface area contributed by atoms with E-state index in [1.807, 2.05) is 19.4 Å². The van der Waals surface area contributed by atoms with Gasteiger partial charge < -0.3 is 14.6 Å². The molecule has 0 bridgehead atoms. The van der Waals surface area contributed by atoms with Gasteiger partial charge >= 0.3 is 0 Å². The number of benzene rings is 1. The first-order valence-corrected chi connectivity index (χ1v) is 6.94. The van der Waals surface area contributed by atoms with Gasteiger partial charge in [0.2, 0.25) is 0 Å². The van der Waals surface area contributed by atoms with Gasteiger partial charge in [0.1, 0.15) is 11.6 Å². The summed E-state index contributed by atoms with van der Waals surface area (Å²) in [6.45, 7) is 7.19. The topological polar surface area (TPSA) is 39.1 Å². The summed E-state index contributed by atoms with van der Waals surface area (Å²) in [6, 6.07) is 4.39. The van der Waals surface area contributed by atoms with Crippen LogP contribution < -0.4 is 10.1 Å². The molecule has 108 valence electrons. The van der Waals surface area contributed by atoms with Crippen molar-refractivity contribution >= 4 is 0 Å². The van der Waals surface area contributed by atoms with Crippen LogP contribution >= 0.6 is 0 Å². The third-order valence-corrected chi connectivity index (χ3v) is 3.62. The van der Waals surface area contributed by atoms with Gasteiger partial charge in [-0.15, -0.1) is 0 Å². The Morgan fingerprint density at radius 2 is 2.05 bits per heavy atom. The molecule has 4 heteroatoms. The summed E-state index contributed by atoms with van der Waals surface area (Å²) in [4.78, 5) is 4.49. The Labute approximate surface area is 120 Å². The minimum absolute atomic E-state index is 0.101. The van der Waals surface area contributed by atoms with E-state index in [1.165, 1.54) is 11.1 Å². The average molecular weight is 273 g/mol. The highest BCUT2D eigenvalue weighted by molar-refractivity contribution is 5.44. The lowest BCUT2D eigenvalue weighted by atomic mass is 9.97. The van der Waals surface area contributed by atoms with E-state index in [1.54, 1.807) is 7.11 Å². The van der Waals surface area contributed by atoms with Crippen LogP contribution in [0, 0.1) is 13.8 Å². The fourth-order valence-corrected chi connectivity index (χ4v) is 2.54. The summed E-state index contributed by atoms with van der Waals surface area (Å²) < 4.78 is 7.46. The summed E-state index contributed by atoms with van der Waals surface area (Å²) in [6.07, 6.45) is 3.82. The number of rotatable bonds is 5. The van der Waals surface area contributed by atoms with Crippen molar-refractivity contribution in [1.29, 1.82) is 0 Å². The minimum atomic E-state index is 0.101. The van der Waals surface area contributed by atoms with Gasteiger partial charge in [-0.25, -0.2) is 4.98 Å². The van der Waals surface area contributed by atoms with Crippen molar-refractivity contribution in [3.63, 3.8) is 0 Å². The lowest BCUT2D eigenvalue weighted by Crippen LogP contribution is -2.25. The van der Waals surface area contributed by atoms with Crippen molar-refractivity contribution in [3.8, 4) is 5.75 Å². The molecule has 4 nitrogen and oxygen atoms in total. The SMILES string of the molecule is CCNC(c1cc(C)c(OC)cc1C)c1nccn1C. The van der Waals surface area contributed by atoms with Crippen LogP contribution in [0.2, 0.25) is 0 Å². The van der Waals surface area contributed by atoms with E-state index in [-0.39, 0.29) is 6.04 Å².